The molecule has 0 aromatic carbocycles. The molecule has 1 aromatic heterocycles. The predicted octanol–water partition coefficient (Wildman–Crippen LogP) is 4.22. The highest BCUT2D eigenvalue weighted by atomic mass is 79.9. The van der Waals surface area contributed by atoms with Crippen LogP contribution >= 0.6 is 15.9 Å². The van der Waals surface area contributed by atoms with Crippen molar-refractivity contribution in [2.24, 2.45) is 0 Å². The highest BCUT2D eigenvalue weighted by Crippen LogP contribution is 2.14. The van der Waals surface area contributed by atoms with E-state index in [4.69, 9.17) is 9.15 Å². The Hall–Kier alpha value is -1.01. The Kier molecular flexibility index (Phi) is 7.96. The van der Waals surface area contributed by atoms with Crippen LogP contribution in [-0.4, -0.2) is 24.3 Å². The molecule has 0 radical (unpaired) electrons. The first-order valence-electron chi connectivity index (χ1n) is 7.74. The van der Waals surface area contributed by atoms with Gasteiger partial charge in [-0.25, -0.2) is 4.79 Å². The van der Waals surface area contributed by atoms with Gasteiger partial charge < -0.3 is 19.8 Å². The van der Waals surface area contributed by atoms with Gasteiger partial charge in [-0.2, -0.15) is 0 Å². The lowest BCUT2D eigenvalue weighted by Crippen LogP contribution is -2.42. The number of amides is 1. The second-order valence-corrected chi connectivity index (χ2v) is 7.09. The summed E-state index contributed by atoms with van der Waals surface area (Å²) in [6.07, 6.45) is 2.84. The van der Waals surface area contributed by atoms with E-state index in [1.807, 2.05) is 32.9 Å². The molecule has 22 heavy (non-hydrogen) atoms. The zero-order valence-corrected chi connectivity index (χ0v) is 15.5. The molecule has 6 heteroatoms. The van der Waals surface area contributed by atoms with Crippen LogP contribution in [0.1, 0.15) is 52.7 Å². The molecule has 0 aliphatic heterocycles. The number of halogens is 1. The standard InChI is InChI=1S/C16H27BrN2O3/c1-5-6-7-12(10-19-15(20)22-16(2,3)4)18-11-13-8-9-14(17)21-13/h8-9,12,18H,5-7,10-11H2,1-4H3,(H,19,20). The molecule has 126 valence electrons. The molecule has 5 nitrogen and oxygen atoms in total. The first-order valence-corrected chi connectivity index (χ1v) is 8.54. The molecule has 1 rings (SSSR count). The van der Waals surface area contributed by atoms with Crippen molar-refractivity contribution in [1.29, 1.82) is 0 Å². The van der Waals surface area contributed by atoms with Gasteiger partial charge in [0.2, 0.25) is 0 Å². The Morgan fingerprint density at radius 2 is 2.14 bits per heavy atom. The fraction of sp³-hybridized carbons (Fsp3) is 0.688. The number of unbranched alkanes of at least 4 members (excludes halogenated alkanes) is 1. The molecule has 0 saturated carbocycles. The van der Waals surface area contributed by atoms with Crippen LogP contribution in [0.4, 0.5) is 4.79 Å². The highest BCUT2D eigenvalue weighted by Gasteiger charge is 2.17. The van der Waals surface area contributed by atoms with E-state index in [0.29, 0.717) is 13.1 Å². The monoisotopic (exact) mass is 374 g/mol. The molecule has 1 heterocycles. The van der Waals surface area contributed by atoms with Crippen LogP contribution in [0.25, 0.3) is 0 Å². The van der Waals surface area contributed by atoms with Gasteiger partial charge in [-0.15, -0.1) is 0 Å². The molecule has 1 amide bonds. The zero-order chi connectivity index (χ0) is 16.6. The molecule has 1 atom stereocenters. The molecule has 0 aliphatic carbocycles. The number of ether oxygens (including phenoxy) is 1. The molecule has 2 N–H and O–H groups in total. The minimum absolute atomic E-state index is 0.191. The van der Waals surface area contributed by atoms with Crippen LogP contribution in [0.5, 0.6) is 0 Å². The Balaban J connectivity index is 2.41. The van der Waals surface area contributed by atoms with E-state index in [2.05, 4.69) is 33.5 Å². The molecule has 0 spiro atoms. The lowest BCUT2D eigenvalue weighted by molar-refractivity contribution is 0.0521. The van der Waals surface area contributed by atoms with Gasteiger partial charge in [0.05, 0.1) is 6.54 Å². The summed E-state index contributed by atoms with van der Waals surface area (Å²) >= 11 is 3.29. The van der Waals surface area contributed by atoms with E-state index in [1.165, 1.54) is 0 Å². The minimum atomic E-state index is -0.475. The summed E-state index contributed by atoms with van der Waals surface area (Å²) in [4.78, 5) is 11.7. The Labute approximate surface area is 141 Å². The van der Waals surface area contributed by atoms with E-state index in [-0.39, 0.29) is 12.1 Å². The van der Waals surface area contributed by atoms with Crippen LogP contribution in [0.2, 0.25) is 0 Å². The van der Waals surface area contributed by atoms with E-state index < -0.39 is 5.60 Å². The summed E-state index contributed by atoms with van der Waals surface area (Å²) in [5.41, 5.74) is -0.475. The normalized spacial score (nSPS) is 13.0. The van der Waals surface area contributed by atoms with Crippen molar-refractivity contribution in [3.8, 4) is 0 Å². The third kappa shape index (κ3) is 8.44. The van der Waals surface area contributed by atoms with Gasteiger partial charge in [0.1, 0.15) is 11.4 Å². The van der Waals surface area contributed by atoms with Crippen molar-refractivity contribution < 1.29 is 13.9 Å². The maximum atomic E-state index is 11.7. The third-order valence-corrected chi connectivity index (χ3v) is 3.42. The summed E-state index contributed by atoms with van der Waals surface area (Å²) < 4.78 is 11.5. The topological polar surface area (TPSA) is 63.5 Å². The van der Waals surface area contributed by atoms with E-state index in [0.717, 1.165) is 29.7 Å². The number of carbonyl (C=O) groups excluding carboxylic acids is 1. The van der Waals surface area contributed by atoms with E-state index in [9.17, 15) is 4.79 Å². The highest BCUT2D eigenvalue weighted by molar-refractivity contribution is 9.10. The first kappa shape index (κ1) is 19.0. The fourth-order valence-electron chi connectivity index (χ4n) is 1.94. The summed E-state index contributed by atoms with van der Waals surface area (Å²) in [7, 11) is 0. The molecule has 1 unspecified atom stereocenters. The Morgan fingerprint density at radius 3 is 2.68 bits per heavy atom. The van der Waals surface area contributed by atoms with Crippen LogP contribution in [-0.2, 0) is 11.3 Å². The lowest BCUT2D eigenvalue weighted by atomic mass is 10.1. The van der Waals surface area contributed by atoms with Gasteiger partial charge in [0.15, 0.2) is 4.67 Å². The summed E-state index contributed by atoms with van der Waals surface area (Å²) in [6, 6.07) is 3.99. The third-order valence-electron chi connectivity index (χ3n) is 2.99. The molecular formula is C16H27BrN2O3. The minimum Gasteiger partial charge on any atom is -0.453 e. The van der Waals surface area contributed by atoms with Crippen molar-refractivity contribution in [3.63, 3.8) is 0 Å². The predicted molar refractivity (Wildman–Crippen MR) is 90.8 cm³/mol. The maximum Gasteiger partial charge on any atom is 0.407 e. The number of furan rings is 1. The Bertz CT molecular complexity index is 454. The lowest BCUT2D eigenvalue weighted by Gasteiger charge is -2.22. The van der Waals surface area contributed by atoms with Gasteiger partial charge >= 0.3 is 6.09 Å². The number of hydrogen-bond donors (Lipinski definition) is 2. The number of alkyl carbamates (subject to hydrolysis) is 1. The summed E-state index contributed by atoms with van der Waals surface area (Å²) in [5.74, 6) is 0.866. The molecule has 0 aliphatic rings. The van der Waals surface area contributed by atoms with Crippen molar-refractivity contribution in [2.45, 2.75) is 65.1 Å². The van der Waals surface area contributed by atoms with Crippen molar-refractivity contribution in [3.05, 3.63) is 22.6 Å². The largest absolute Gasteiger partial charge is 0.453 e. The first-order chi connectivity index (χ1) is 10.3. The second kappa shape index (κ2) is 9.20. The van der Waals surface area contributed by atoms with Gasteiger partial charge in [-0.3, -0.25) is 0 Å². The Morgan fingerprint density at radius 1 is 1.41 bits per heavy atom. The quantitative estimate of drug-likeness (QED) is 0.714. The van der Waals surface area contributed by atoms with Crippen LogP contribution < -0.4 is 10.6 Å². The number of nitrogens with one attached hydrogen (secondary N) is 2. The van der Waals surface area contributed by atoms with Gasteiger partial charge in [0, 0.05) is 12.6 Å². The van der Waals surface area contributed by atoms with Crippen LogP contribution in [0.15, 0.2) is 21.2 Å². The average molecular weight is 375 g/mol. The number of rotatable bonds is 8. The molecule has 0 bridgehead atoms. The average Bonchev–Trinajstić information content (AvgIpc) is 2.81. The second-order valence-electron chi connectivity index (χ2n) is 6.31. The fourth-order valence-corrected chi connectivity index (χ4v) is 2.28. The summed E-state index contributed by atoms with van der Waals surface area (Å²) in [5, 5.41) is 6.24. The molecule has 0 saturated heterocycles. The van der Waals surface area contributed by atoms with Crippen LogP contribution in [0.3, 0.4) is 0 Å². The summed E-state index contributed by atoms with van der Waals surface area (Å²) in [6.45, 7) is 8.89. The zero-order valence-electron chi connectivity index (χ0n) is 13.9. The van der Waals surface area contributed by atoms with E-state index in [1.54, 1.807) is 0 Å². The molecular weight excluding hydrogens is 348 g/mol. The van der Waals surface area contributed by atoms with Crippen molar-refractivity contribution in [1.82, 2.24) is 10.6 Å². The molecule has 0 fully saturated rings. The SMILES string of the molecule is CCCCC(CNC(=O)OC(C)(C)C)NCc1ccc(Br)o1. The number of carbonyl (C=O) groups is 1. The van der Waals surface area contributed by atoms with Crippen molar-refractivity contribution >= 4 is 22.0 Å². The van der Waals surface area contributed by atoms with Gasteiger partial charge in [-0.1, -0.05) is 19.8 Å². The van der Waals surface area contributed by atoms with Gasteiger partial charge in [-0.05, 0) is 55.3 Å². The maximum absolute atomic E-state index is 11.7. The van der Waals surface area contributed by atoms with Gasteiger partial charge in [0.25, 0.3) is 0 Å². The van der Waals surface area contributed by atoms with Crippen molar-refractivity contribution in [2.75, 3.05) is 6.54 Å². The van der Waals surface area contributed by atoms with Crippen LogP contribution in [0, 0.1) is 0 Å². The number of hydrogen-bond acceptors (Lipinski definition) is 4. The molecule has 1 aromatic rings. The van der Waals surface area contributed by atoms with E-state index >= 15 is 0 Å². The smallest absolute Gasteiger partial charge is 0.407 e.